The number of ether oxygens (including phenoxy) is 1. The van der Waals surface area contributed by atoms with Crippen molar-refractivity contribution in [3.05, 3.63) is 34.3 Å². The number of thiophene rings is 1. The quantitative estimate of drug-likeness (QED) is 0.617. The Hall–Kier alpha value is -1.37. The molecular formula is C10H14N4OS. The van der Waals surface area contributed by atoms with E-state index in [-0.39, 0.29) is 6.04 Å². The van der Waals surface area contributed by atoms with Gasteiger partial charge in [-0.2, -0.15) is 5.10 Å². The van der Waals surface area contributed by atoms with Gasteiger partial charge in [-0.3, -0.25) is 10.5 Å². The van der Waals surface area contributed by atoms with Gasteiger partial charge in [0.1, 0.15) is 11.7 Å². The Labute approximate surface area is 97.8 Å². The molecule has 0 spiro atoms. The molecule has 2 rings (SSSR count). The molecule has 16 heavy (non-hydrogen) atoms. The van der Waals surface area contributed by atoms with E-state index < -0.39 is 0 Å². The van der Waals surface area contributed by atoms with E-state index >= 15 is 0 Å². The highest BCUT2D eigenvalue weighted by molar-refractivity contribution is 7.10. The van der Waals surface area contributed by atoms with Gasteiger partial charge in [-0.05, 0) is 11.4 Å². The zero-order valence-corrected chi connectivity index (χ0v) is 9.99. The molecule has 0 radical (unpaired) electrons. The number of hydrazine groups is 1. The fourth-order valence-corrected chi connectivity index (χ4v) is 2.45. The van der Waals surface area contributed by atoms with Crippen molar-refractivity contribution in [2.75, 3.05) is 7.11 Å². The van der Waals surface area contributed by atoms with Gasteiger partial charge in [0.25, 0.3) is 0 Å². The molecule has 2 aromatic rings. The van der Waals surface area contributed by atoms with E-state index in [2.05, 4.69) is 10.5 Å². The molecule has 0 amide bonds. The summed E-state index contributed by atoms with van der Waals surface area (Å²) >= 11 is 1.64. The highest BCUT2D eigenvalue weighted by atomic mass is 32.1. The number of hydrogen-bond acceptors (Lipinski definition) is 5. The third-order valence-corrected chi connectivity index (χ3v) is 3.37. The van der Waals surface area contributed by atoms with Gasteiger partial charge in [0.15, 0.2) is 5.75 Å². The van der Waals surface area contributed by atoms with Crippen LogP contribution in [0.4, 0.5) is 0 Å². The first kappa shape index (κ1) is 11.1. The second-order valence-electron chi connectivity index (χ2n) is 3.34. The molecule has 0 aliphatic carbocycles. The van der Waals surface area contributed by atoms with Gasteiger partial charge in [0.05, 0.1) is 13.3 Å². The predicted octanol–water partition coefficient (Wildman–Crippen LogP) is 1.04. The van der Waals surface area contributed by atoms with Crippen LogP contribution >= 0.6 is 11.3 Å². The first-order chi connectivity index (χ1) is 7.77. The van der Waals surface area contributed by atoms with Crippen molar-refractivity contribution in [2.24, 2.45) is 12.9 Å². The number of nitrogens with two attached hydrogens (primary N) is 1. The molecule has 0 saturated carbocycles. The van der Waals surface area contributed by atoms with E-state index in [4.69, 9.17) is 10.6 Å². The smallest absolute Gasteiger partial charge is 0.162 e. The lowest BCUT2D eigenvalue weighted by Gasteiger charge is -2.16. The van der Waals surface area contributed by atoms with Crippen molar-refractivity contribution in [2.45, 2.75) is 6.04 Å². The first-order valence-corrected chi connectivity index (χ1v) is 5.71. The molecule has 0 aliphatic rings. The SMILES string of the molecule is COc1cnn(C)c1C(NN)c1cccs1. The average Bonchev–Trinajstić information content (AvgIpc) is 2.91. The number of nitrogens with one attached hydrogen (secondary N) is 1. The molecule has 5 nitrogen and oxygen atoms in total. The molecule has 1 atom stereocenters. The second kappa shape index (κ2) is 4.65. The van der Waals surface area contributed by atoms with Crippen molar-refractivity contribution in [1.29, 1.82) is 0 Å². The van der Waals surface area contributed by atoms with Gasteiger partial charge in [0.2, 0.25) is 0 Å². The van der Waals surface area contributed by atoms with Crippen molar-refractivity contribution >= 4 is 11.3 Å². The molecule has 6 heteroatoms. The van der Waals surface area contributed by atoms with Crippen molar-refractivity contribution in [3.63, 3.8) is 0 Å². The molecule has 1 unspecified atom stereocenters. The van der Waals surface area contributed by atoms with Gasteiger partial charge >= 0.3 is 0 Å². The summed E-state index contributed by atoms with van der Waals surface area (Å²) in [6.45, 7) is 0. The van der Waals surface area contributed by atoms with Crippen LogP contribution in [-0.4, -0.2) is 16.9 Å². The zero-order valence-electron chi connectivity index (χ0n) is 9.18. The maximum absolute atomic E-state index is 5.61. The number of nitrogens with zero attached hydrogens (tertiary/aromatic N) is 2. The number of rotatable bonds is 4. The van der Waals surface area contributed by atoms with Crippen LogP contribution in [0.2, 0.25) is 0 Å². The summed E-state index contributed by atoms with van der Waals surface area (Å²) in [5.41, 5.74) is 3.72. The lowest BCUT2D eigenvalue weighted by Crippen LogP contribution is -2.30. The van der Waals surface area contributed by atoms with E-state index in [9.17, 15) is 0 Å². The van der Waals surface area contributed by atoms with E-state index in [0.29, 0.717) is 0 Å². The van der Waals surface area contributed by atoms with E-state index in [1.54, 1.807) is 29.3 Å². The Balaban J connectivity index is 2.44. The van der Waals surface area contributed by atoms with Gasteiger partial charge in [-0.25, -0.2) is 5.43 Å². The van der Waals surface area contributed by atoms with Gasteiger partial charge in [0, 0.05) is 11.9 Å². The normalized spacial score (nSPS) is 12.7. The Kier molecular flexibility index (Phi) is 3.23. The van der Waals surface area contributed by atoms with Crippen LogP contribution in [0.1, 0.15) is 16.6 Å². The zero-order chi connectivity index (χ0) is 11.5. The van der Waals surface area contributed by atoms with Crippen LogP contribution in [0.25, 0.3) is 0 Å². The third-order valence-electron chi connectivity index (χ3n) is 2.44. The van der Waals surface area contributed by atoms with Crippen LogP contribution in [0, 0.1) is 0 Å². The molecule has 86 valence electrons. The monoisotopic (exact) mass is 238 g/mol. The fraction of sp³-hybridized carbons (Fsp3) is 0.300. The largest absolute Gasteiger partial charge is 0.493 e. The summed E-state index contributed by atoms with van der Waals surface area (Å²) < 4.78 is 7.04. The second-order valence-corrected chi connectivity index (χ2v) is 4.32. The summed E-state index contributed by atoms with van der Waals surface area (Å²) in [5.74, 6) is 6.34. The Morgan fingerprint density at radius 2 is 2.44 bits per heavy atom. The molecule has 0 aliphatic heterocycles. The van der Waals surface area contributed by atoms with Gasteiger partial charge in [-0.15, -0.1) is 11.3 Å². The number of aryl methyl sites for hydroxylation is 1. The molecule has 3 N–H and O–H groups in total. The van der Waals surface area contributed by atoms with Crippen LogP contribution in [0.15, 0.2) is 23.7 Å². The predicted molar refractivity (Wildman–Crippen MR) is 63.2 cm³/mol. The minimum atomic E-state index is -0.0950. The average molecular weight is 238 g/mol. The van der Waals surface area contributed by atoms with Crippen molar-refractivity contribution in [3.8, 4) is 5.75 Å². The van der Waals surface area contributed by atoms with Gasteiger partial charge in [-0.1, -0.05) is 6.07 Å². The maximum Gasteiger partial charge on any atom is 0.162 e. The Bertz CT molecular complexity index is 451. The van der Waals surface area contributed by atoms with E-state index in [1.807, 2.05) is 24.6 Å². The molecule has 0 saturated heterocycles. The van der Waals surface area contributed by atoms with Crippen molar-refractivity contribution in [1.82, 2.24) is 15.2 Å². The molecule has 0 fully saturated rings. The van der Waals surface area contributed by atoms with E-state index in [0.717, 1.165) is 16.3 Å². The number of methoxy groups -OCH3 is 1. The number of aromatic nitrogens is 2. The minimum Gasteiger partial charge on any atom is -0.493 e. The lowest BCUT2D eigenvalue weighted by molar-refractivity contribution is 0.401. The maximum atomic E-state index is 5.61. The topological polar surface area (TPSA) is 65.1 Å². The van der Waals surface area contributed by atoms with Crippen molar-refractivity contribution < 1.29 is 4.74 Å². The highest BCUT2D eigenvalue weighted by Crippen LogP contribution is 2.30. The summed E-state index contributed by atoms with van der Waals surface area (Å²) in [4.78, 5) is 1.13. The van der Waals surface area contributed by atoms with Crippen LogP contribution < -0.4 is 16.0 Å². The minimum absolute atomic E-state index is 0.0950. The Morgan fingerprint density at radius 1 is 1.62 bits per heavy atom. The van der Waals surface area contributed by atoms with Crippen LogP contribution in [-0.2, 0) is 7.05 Å². The summed E-state index contributed by atoms with van der Waals surface area (Å²) in [6.07, 6.45) is 1.69. The number of hydrogen-bond donors (Lipinski definition) is 2. The fourth-order valence-electron chi connectivity index (χ4n) is 1.66. The highest BCUT2D eigenvalue weighted by Gasteiger charge is 2.21. The van der Waals surface area contributed by atoms with Crippen LogP contribution in [0.5, 0.6) is 5.75 Å². The van der Waals surface area contributed by atoms with E-state index in [1.165, 1.54) is 0 Å². The van der Waals surface area contributed by atoms with Crippen LogP contribution in [0.3, 0.4) is 0 Å². The molecule has 0 bridgehead atoms. The molecule has 2 heterocycles. The van der Waals surface area contributed by atoms with Gasteiger partial charge < -0.3 is 4.74 Å². The molecule has 2 aromatic heterocycles. The molecular weight excluding hydrogens is 224 g/mol. The Morgan fingerprint density at radius 3 is 3.00 bits per heavy atom. The summed E-state index contributed by atoms with van der Waals surface area (Å²) in [5, 5.41) is 6.18. The first-order valence-electron chi connectivity index (χ1n) is 4.83. The molecule has 0 aromatic carbocycles. The lowest BCUT2D eigenvalue weighted by atomic mass is 10.1. The third kappa shape index (κ3) is 1.82. The standard InChI is InChI=1S/C10H14N4OS/c1-14-10(7(15-2)6-12-14)9(13-11)8-4-3-5-16-8/h3-6,9,13H,11H2,1-2H3. The summed E-state index contributed by atoms with van der Waals surface area (Å²) in [6, 6.07) is 3.93. The summed E-state index contributed by atoms with van der Waals surface area (Å²) in [7, 11) is 3.50.